The Hall–Kier alpha value is -1.64. The van der Waals surface area contributed by atoms with Crippen LogP contribution >= 0.6 is 23.3 Å². The molecule has 1 N–H and O–H groups in total. The second kappa shape index (κ2) is 8.37. The minimum absolute atomic E-state index is 0.161. The lowest BCUT2D eigenvalue weighted by Gasteiger charge is -2.38. The Morgan fingerprint density at radius 2 is 2.12 bits per heavy atom. The maximum absolute atomic E-state index is 12.4. The van der Waals surface area contributed by atoms with Gasteiger partial charge in [0.05, 0.1) is 5.69 Å². The number of amides is 1. The first-order valence-electron chi connectivity index (χ1n) is 8.65. The standard InChI is InChI=1S/C18H24N4O2S2/c1-11(2)9-26-22-7-15(8-22)24-14-5-12(3)19-16(6-14)17(23)21-18-20-13(4)10-25-18/h5-6,10-11,15H,7-9H2,1-4H3,(H,20,21,23). The molecule has 1 amide bonds. The summed E-state index contributed by atoms with van der Waals surface area (Å²) in [7, 11) is 0. The second-order valence-electron chi connectivity index (χ2n) is 6.85. The average Bonchev–Trinajstić information content (AvgIpc) is 2.93. The predicted octanol–water partition coefficient (Wildman–Crippen LogP) is 3.77. The molecule has 140 valence electrons. The van der Waals surface area contributed by atoms with Gasteiger partial charge in [0.15, 0.2) is 5.13 Å². The van der Waals surface area contributed by atoms with E-state index in [1.54, 1.807) is 6.07 Å². The molecule has 0 atom stereocenters. The Balaban J connectivity index is 1.57. The van der Waals surface area contributed by atoms with Gasteiger partial charge in [-0.1, -0.05) is 25.8 Å². The number of carbonyl (C=O) groups excluding carboxylic acids is 1. The number of aromatic nitrogens is 2. The van der Waals surface area contributed by atoms with E-state index in [0.717, 1.165) is 30.2 Å². The highest BCUT2D eigenvalue weighted by Gasteiger charge is 2.29. The maximum atomic E-state index is 12.4. The Labute approximate surface area is 162 Å². The molecule has 3 rings (SSSR count). The van der Waals surface area contributed by atoms with Crippen molar-refractivity contribution in [3.8, 4) is 5.75 Å². The molecule has 0 spiro atoms. The summed E-state index contributed by atoms with van der Waals surface area (Å²) in [5.41, 5.74) is 1.99. The molecule has 2 aromatic heterocycles. The average molecular weight is 393 g/mol. The first-order valence-corrected chi connectivity index (χ1v) is 10.5. The Morgan fingerprint density at radius 1 is 1.35 bits per heavy atom. The van der Waals surface area contributed by atoms with Crippen LogP contribution < -0.4 is 10.1 Å². The number of nitrogens with zero attached hydrogens (tertiary/aromatic N) is 3. The normalized spacial score (nSPS) is 15.1. The number of aryl methyl sites for hydroxylation is 2. The van der Waals surface area contributed by atoms with Crippen LogP contribution in [0.3, 0.4) is 0 Å². The number of ether oxygens (including phenoxy) is 1. The zero-order chi connectivity index (χ0) is 18.7. The molecule has 0 bridgehead atoms. The molecule has 1 fully saturated rings. The molecule has 3 heterocycles. The van der Waals surface area contributed by atoms with Crippen molar-refractivity contribution < 1.29 is 9.53 Å². The summed E-state index contributed by atoms with van der Waals surface area (Å²) in [6, 6.07) is 3.57. The van der Waals surface area contributed by atoms with Crippen molar-refractivity contribution in [1.82, 2.24) is 14.3 Å². The summed E-state index contributed by atoms with van der Waals surface area (Å²) in [5, 5.41) is 5.26. The fourth-order valence-electron chi connectivity index (χ4n) is 2.42. The molecular weight excluding hydrogens is 368 g/mol. The minimum Gasteiger partial charge on any atom is -0.488 e. The number of hydrogen-bond acceptors (Lipinski definition) is 7. The van der Waals surface area contributed by atoms with Crippen LogP contribution in [0.2, 0.25) is 0 Å². The molecule has 1 aliphatic rings. The zero-order valence-electron chi connectivity index (χ0n) is 15.5. The number of hydrogen-bond donors (Lipinski definition) is 1. The van der Waals surface area contributed by atoms with Crippen LogP contribution in [0, 0.1) is 19.8 Å². The highest BCUT2D eigenvalue weighted by molar-refractivity contribution is 7.97. The van der Waals surface area contributed by atoms with E-state index in [1.165, 1.54) is 11.3 Å². The zero-order valence-corrected chi connectivity index (χ0v) is 17.1. The number of pyridine rings is 1. The SMILES string of the molecule is Cc1cc(OC2CN(SCC(C)C)C2)cc(C(=O)Nc2nc(C)cs2)n1. The maximum Gasteiger partial charge on any atom is 0.276 e. The molecule has 0 radical (unpaired) electrons. The van der Waals surface area contributed by atoms with Gasteiger partial charge in [0, 0.05) is 42.0 Å². The molecule has 0 saturated carbocycles. The Kier molecular flexibility index (Phi) is 6.16. The van der Waals surface area contributed by atoms with Crippen molar-refractivity contribution in [2.45, 2.75) is 33.8 Å². The fraction of sp³-hybridized carbons (Fsp3) is 0.500. The fourth-order valence-corrected chi connectivity index (χ4v) is 4.16. The van der Waals surface area contributed by atoms with Crippen LogP contribution in [0.25, 0.3) is 0 Å². The molecule has 0 aliphatic carbocycles. The van der Waals surface area contributed by atoms with Gasteiger partial charge in [-0.2, -0.15) is 0 Å². The van der Waals surface area contributed by atoms with E-state index in [4.69, 9.17) is 4.74 Å². The Morgan fingerprint density at radius 3 is 2.77 bits per heavy atom. The van der Waals surface area contributed by atoms with Gasteiger partial charge in [-0.15, -0.1) is 11.3 Å². The van der Waals surface area contributed by atoms with Crippen molar-refractivity contribution in [3.05, 3.63) is 34.6 Å². The lowest BCUT2D eigenvalue weighted by molar-refractivity contribution is 0.0831. The third-order valence-corrected chi connectivity index (χ3v) is 6.06. The van der Waals surface area contributed by atoms with Crippen LogP contribution in [0.1, 0.15) is 35.7 Å². The first-order chi connectivity index (χ1) is 12.4. The number of thiazole rings is 1. The molecular formula is C18H24N4O2S2. The molecule has 1 aliphatic heterocycles. The van der Waals surface area contributed by atoms with Crippen LogP contribution in [0.15, 0.2) is 17.5 Å². The summed E-state index contributed by atoms with van der Waals surface area (Å²) in [4.78, 5) is 21.0. The van der Waals surface area contributed by atoms with Crippen molar-refractivity contribution in [1.29, 1.82) is 0 Å². The summed E-state index contributed by atoms with van der Waals surface area (Å²) < 4.78 is 8.34. The summed E-state index contributed by atoms with van der Waals surface area (Å²) in [6.45, 7) is 10.0. The van der Waals surface area contributed by atoms with Gasteiger partial charge in [-0.3, -0.25) is 10.1 Å². The predicted molar refractivity (Wildman–Crippen MR) is 107 cm³/mol. The largest absolute Gasteiger partial charge is 0.488 e. The summed E-state index contributed by atoms with van der Waals surface area (Å²) >= 11 is 3.27. The minimum atomic E-state index is -0.268. The van der Waals surface area contributed by atoms with Crippen LogP contribution in [-0.4, -0.2) is 45.1 Å². The third kappa shape index (κ3) is 5.18. The van der Waals surface area contributed by atoms with E-state index in [2.05, 4.69) is 33.4 Å². The van der Waals surface area contributed by atoms with E-state index in [-0.39, 0.29) is 12.0 Å². The van der Waals surface area contributed by atoms with E-state index < -0.39 is 0 Å². The number of nitrogens with one attached hydrogen (secondary N) is 1. The molecule has 8 heteroatoms. The second-order valence-corrected chi connectivity index (χ2v) is 8.82. The van der Waals surface area contributed by atoms with Gasteiger partial charge in [0.1, 0.15) is 17.5 Å². The van der Waals surface area contributed by atoms with Gasteiger partial charge in [0.25, 0.3) is 5.91 Å². The van der Waals surface area contributed by atoms with Crippen LogP contribution in [-0.2, 0) is 0 Å². The van der Waals surface area contributed by atoms with Crippen molar-refractivity contribution in [3.63, 3.8) is 0 Å². The summed E-state index contributed by atoms with van der Waals surface area (Å²) in [5.74, 6) is 2.24. The number of carbonyl (C=O) groups is 1. The van der Waals surface area contributed by atoms with E-state index in [9.17, 15) is 4.79 Å². The monoisotopic (exact) mass is 392 g/mol. The molecule has 26 heavy (non-hydrogen) atoms. The van der Waals surface area contributed by atoms with Gasteiger partial charge >= 0.3 is 0 Å². The van der Waals surface area contributed by atoms with E-state index in [0.29, 0.717) is 22.5 Å². The molecule has 0 aromatic carbocycles. The quantitative estimate of drug-likeness (QED) is 0.724. The Bertz CT molecular complexity index is 772. The lowest BCUT2D eigenvalue weighted by atomic mass is 10.2. The third-order valence-electron chi connectivity index (χ3n) is 3.71. The van der Waals surface area contributed by atoms with Gasteiger partial charge in [-0.25, -0.2) is 14.3 Å². The lowest BCUT2D eigenvalue weighted by Crippen LogP contribution is -2.50. The molecule has 1 saturated heterocycles. The highest BCUT2D eigenvalue weighted by Crippen LogP contribution is 2.26. The highest BCUT2D eigenvalue weighted by atomic mass is 32.2. The van der Waals surface area contributed by atoms with Gasteiger partial charge in [0.2, 0.25) is 0 Å². The van der Waals surface area contributed by atoms with Crippen molar-refractivity contribution in [2.75, 3.05) is 24.2 Å². The smallest absolute Gasteiger partial charge is 0.276 e. The van der Waals surface area contributed by atoms with Crippen LogP contribution in [0.5, 0.6) is 5.75 Å². The topological polar surface area (TPSA) is 67.3 Å². The summed E-state index contributed by atoms with van der Waals surface area (Å²) in [6.07, 6.45) is 0.161. The number of rotatable bonds is 7. The van der Waals surface area contributed by atoms with Crippen molar-refractivity contribution >= 4 is 34.3 Å². The van der Waals surface area contributed by atoms with Gasteiger partial charge in [-0.05, 0) is 19.8 Å². The van der Waals surface area contributed by atoms with E-state index in [1.807, 2.05) is 37.2 Å². The van der Waals surface area contributed by atoms with E-state index >= 15 is 0 Å². The van der Waals surface area contributed by atoms with Gasteiger partial charge < -0.3 is 4.74 Å². The number of anilines is 1. The van der Waals surface area contributed by atoms with Crippen LogP contribution in [0.4, 0.5) is 5.13 Å². The molecule has 6 nitrogen and oxygen atoms in total. The van der Waals surface area contributed by atoms with Crippen molar-refractivity contribution in [2.24, 2.45) is 5.92 Å². The first kappa shape index (κ1) is 19.1. The molecule has 2 aromatic rings. The molecule has 0 unspecified atom stereocenters.